The van der Waals surface area contributed by atoms with Crippen molar-refractivity contribution in [1.82, 2.24) is 0 Å². The first-order valence-corrected chi connectivity index (χ1v) is 7.14. The molecule has 0 aliphatic carbocycles. The zero-order chi connectivity index (χ0) is 12.0. The smallest absolute Gasteiger partial charge is 0.345 e. The van der Waals surface area contributed by atoms with E-state index in [4.69, 9.17) is 5.11 Å². The Morgan fingerprint density at radius 3 is 2.88 bits per heavy atom. The second kappa shape index (κ2) is 3.78. The normalized spacial score (nSPS) is 17.3. The van der Waals surface area contributed by atoms with Crippen LogP contribution in [0.2, 0.25) is 0 Å². The van der Waals surface area contributed by atoms with Crippen LogP contribution in [0.1, 0.15) is 15.2 Å². The molecule has 0 saturated carbocycles. The van der Waals surface area contributed by atoms with E-state index in [0.29, 0.717) is 10.6 Å². The molecule has 1 N–H and O–H groups in total. The Bertz CT molecular complexity index is 643. The summed E-state index contributed by atoms with van der Waals surface area (Å²) in [5, 5.41) is 8.98. The van der Waals surface area contributed by atoms with Crippen molar-refractivity contribution < 1.29 is 14.1 Å². The van der Waals surface area contributed by atoms with Gasteiger partial charge in [0.15, 0.2) is 0 Å². The molecule has 1 aromatic carbocycles. The van der Waals surface area contributed by atoms with Crippen LogP contribution in [0.4, 0.5) is 0 Å². The number of thiophene rings is 1. The zero-order valence-electron chi connectivity index (χ0n) is 8.67. The molecule has 0 bridgehead atoms. The third kappa shape index (κ3) is 1.62. The third-order valence-electron chi connectivity index (χ3n) is 2.68. The molecule has 1 atom stereocenters. The van der Waals surface area contributed by atoms with Gasteiger partial charge in [-0.3, -0.25) is 4.21 Å². The second-order valence-electron chi connectivity index (χ2n) is 3.76. The average molecular weight is 264 g/mol. The fraction of sp³-hybridized carbons (Fsp3) is 0.0833. The molecule has 5 heteroatoms. The van der Waals surface area contributed by atoms with Gasteiger partial charge in [-0.05, 0) is 17.7 Å². The van der Waals surface area contributed by atoms with E-state index in [-0.39, 0.29) is 0 Å². The quantitative estimate of drug-likeness (QED) is 0.861. The maximum absolute atomic E-state index is 12.0. The fourth-order valence-corrected chi connectivity index (χ4v) is 4.47. The molecule has 1 aromatic heterocycles. The van der Waals surface area contributed by atoms with Crippen molar-refractivity contribution in [3.05, 3.63) is 40.8 Å². The summed E-state index contributed by atoms with van der Waals surface area (Å²) in [5.41, 5.74) is 1.79. The summed E-state index contributed by atoms with van der Waals surface area (Å²) in [7, 11) is -1.06. The van der Waals surface area contributed by atoms with Gasteiger partial charge in [-0.15, -0.1) is 11.3 Å². The predicted octanol–water partition coefficient (Wildman–Crippen LogP) is 2.73. The van der Waals surface area contributed by atoms with Crippen LogP contribution in [0.15, 0.2) is 35.2 Å². The van der Waals surface area contributed by atoms with Gasteiger partial charge in [0.05, 0.1) is 16.6 Å². The van der Waals surface area contributed by atoms with Gasteiger partial charge in [-0.1, -0.05) is 18.2 Å². The van der Waals surface area contributed by atoms with Crippen LogP contribution in [0.3, 0.4) is 0 Å². The molecule has 17 heavy (non-hydrogen) atoms. The van der Waals surface area contributed by atoms with E-state index < -0.39 is 16.8 Å². The van der Waals surface area contributed by atoms with Crippen LogP contribution < -0.4 is 0 Å². The highest BCUT2D eigenvalue weighted by Crippen LogP contribution is 2.41. The summed E-state index contributed by atoms with van der Waals surface area (Å²) in [5.74, 6) is -0.511. The van der Waals surface area contributed by atoms with Crippen molar-refractivity contribution >= 4 is 28.1 Å². The topological polar surface area (TPSA) is 54.4 Å². The zero-order valence-corrected chi connectivity index (χ0v) is 10.3. The number of hydrogen-bond acceptors (Lipinski definition) is 3. The van der Waals surface area contributed by atoms with Crippen molar-refractivity contribution in [2.75, 3.05) is 0 Å². The predicted molar refractivity (Wildman–Crippen MR) is 66.8 cm³/mol. The number of hydrogen-bond donors (Lipinski definition) is 1. The van der Waals surface area contributed by atoms with Crippen molar-refractivity contribution in [3.8, 4) is 10.4 Å². The van der Waals surface area contributed by atoms with E-state index in [1.54, 1.807) is 6.07 Å². The first kappa shape index (κ1) is 10.7. The molecular formula is C12H8O3S2. The molecule has 3 nitrogen and oxygen atoms in total. The van der Waals surface area contributed by atoms with E-state index >= 15 is 0 Å². The van der Waals surface area contributed by atoms with Crippen molar-refractivity contribution in [2.24, 2.45) is 0 Å². The van der Waals surface area contributed by atoms with Gasteiger partial charge in [0.2, 0.25) is 0 Å². The molecular weight excluding hydrogens is 256 g/mol. The molecule has 1 aliphatic rings. The molecule has 0 amide bonds. The Balaban J connectivity index is 2.26. The van der Waals surface area contributed by atoms with Crippen LogP contribution in [0.25, 0.3) is 10.4 Å². The lowest BCUT2D eigenvalue weighted by Gasteiger charge is -2.14. The summed E-state index contributed by atoms with van der Waals surface area (Å²) in [6, 6.07) is 9.11. The molecule has 2 aromatic rings. The highest BCUT2D eigenvalue weighted by atomic mass is 32.2. The standard InChI is InChI=1S/C12H8O3S2/c13-12(14)9-5-7-6-17(15)10-4-2-1-3-8(10)11(7)16-9/h1-5H,6H2,(H,13,14). The molecule has 2 heterocycles. The summed E-state index contributed by atoms with van der Waals surface area (Å²) in [4.78, 5) is 13.0. The lowest BCUT2D eigenvalue weighted by atomic mass is 10.1. The van der Waals surface area contributed by atoms with Gasteiger partial charge in [-0.2, -0.15) is 0 Å². The average Bonchev–Trinajstić information content (AvgIpc) is 2.73. The van der Waals surface area contributed by atoms with Crippen LogP contribution in [0.5, 0.6) is 0 Å². The lowest BCUT2D eigenvalue weighted by molar-refractivity contribution is 0.0702. The Labute approximate surface area is 104 Å². The fourth-order valence-electron chi connectivity index (χ4n) is 1.94. The SMILES string of the molecule is O=C(O)c1cc2c(s1)-c1ccccc1S(=O)C2. The van der Waals surface area contributed by atoms with E-state index in [2.05, 4.69) is 0 Å². The molecule has 86 valence electrons. The number of carboxylic acids is 1. The van der Waals surface area contributed by atoms with Gasteiger partial charge >= 0.3 is 5.97 Å². The summed E-state index contributed by atoms with van der Waals surface area (Å²) >= 11 is 1.25. The van der Waals surface area contributed by atoms with Crippen molar-refractivity contribution in [3.63, 3.8) is 0 Å². The lowest BCUT2D eigenvalue weighted by Crippen LogP contribution is -2.04. The van der Waals surface area contributed by atoms with Gasteiger partial charge in [0, 0.05) is 15.3 Å². The Hall–Kier alpha value is -1.46. The Morgan fingerprint density at radius 2 is 2.12 bits per heavy atom. The molecule has 0 fully saturated rings. The largest absolute Gasteiger partial charge is 0.477 e. The molecule has 0 spiro atoms. The van der Waals surface area contributed by atoms with E-state index in [1.807, 2.05) is 24.3 Å². The second-order valence-corrected chi connectivity index (χ2v) is 6.23. The molecule has 0 radical (unpaired) electrons. The number of carboxylic acid groups (broad SMARTS) is 1. The molecule has 0 saturated heterocycles. The number of fused-ring (bicyclic) bond motifs is 3. The molecule has 1 unspecified atom stereocenters. The Kier molecular flexibility index (Phi) is 2.38. The van der Waals surface area contributed by atoms with Crippen LogP contribution in [0, 0.1) is 0 Å². The van der Waals surface area contributed by atoms with E-state index in [9.17, 15) is 9.00 Å². The minimum Gasteiger partial charge on any atom is -0.477 e. The third-order valence-corrected chi connectivity index (χ3v) is 5.30. The first-order chi connectivity index (χ1) is 8.16. The highest BCUT2D eigenvalue weighted by Gasteiger charge is 2.25. The number of aromatic carboxylic acids is 1. The van der Waals surface area contributed by atoms with Gasteiger partial charge in [0.1, 0.15) is 4.88 Å². The Morgan fingerprint density at radius 1 is 1.35 bits per heavy atom. The minimum atomic E-state index is -1.06. The van der Waals surface area contributed by atoms with E-state index in [1.165, 1.54) is 11.3 Å². The molecule has 3 rings (SSSR count). The maximum atomic E-state index is 12.0. The summed E-state index contributed by atoms with van der Waals surface area (Å²) < 4.78 is 12.0. The maximum Gasteiger partial charge on any atom is 0.345 e. The molecule has 1 aliphatic heterocycles. The van der Waals surface area contributed by atoms with Crippen LogP contribution >= 0.6 is 11.3 Å². The highest BCUT2D eigenvalue weighted by molar-refractivity contribution is 7.84. The van der Waals surface area contributed by atoms with Gasteiger partial charge in [-0.25, -0.2) is 4.79 Å². The van der Waals surface area contributed by atoms with Gasteiger partial charge < -0.3 is 5.11 Å². The minimum absolute atomic E-state index is 0.309. The van der Waals surface area contributed by atoms with Gasteiger partial charge in [0.25, 0.3) is 0 Å². The number of rotatable bonds is 1. The van der Waals surface area contributed by atoms with Crippen LogP contribution in [-0.2, 0) is 16.6 Å². The van der Waals surface area contributed by atoms with Crippen molar-refractivity contribution in [1.29, 1.82) is 0 Å². The number of carbonyl (C=O) groups is 1. The monoisotopic (exact) mass is 264 g/mol. The first-order valence-electron chi connectivity index (χ1n) is 5.00. The summed E-state index contributed by atoms with van der Waals surface area (Å²) in [6.07, 6.45) is 0. The van der Waals surface area contributed by atoms with Crippen LogP contribution in [-0.4, -0.2) is 15.3 Å². The summed E-state index contributed by atoms with van der Waals surface area (Å²) in [6.45, 7) is 0. The van der Waals surface area contributed by atoms with E-state index in [0.717, 1.165) is 20.9 Å². The van der Waals surface area contributed by atoms with Crippen molar-refractivity contribution in [2.45, 2.75) is 10.6 Å². The number of benzene rings is 1.